The second-order valence-corrected chi connectivity index (χ2v) is 10.6. The van der Waals surface area contributed by atoms with Crippen molar-refractivity contribution in [3.05, 3.63) is 0 Å². The van der Waals surface area contributed by atoms with E-state index in [9.17, 15) is 9.59 Å². The Hall–Kier alpha value is -0.740. The topological polar surface area (TPSA) is 40.6 Å². The number of ketones is 2. The van der Waals surface area contributed by atoms with Crippen LogP contribution >= 0.6 is 0 Å². The highest BCUT2D eigenvalue weighted by Gasteiger charge is 2.54. The van der Waals surface area contributed by atoms with Gasteiger partial charge in [0.25, 0.3) is 0 Å². The zero-order chi connectivity index (χ0) is 21.5. The molecule has 4 heteroatoms. The predicted octanol–water partition coefficient (Wildman–Crippen LogP) is 5.24. The highest BCUT2D eigenvalue weighted by molar-refractivity contribution is 6.09. The van der Waals surface area contributed by atoms with Crippen LogP contribution < -0.4 is 0 Å². The average molecular weight is 419 g/mol. The lowest BCUT2D eigenvalue weighted by atomic mass is 9.59. The molecule has 0 N–H and O–H groups in total. The molecule has 1 aliphatic carbocycles. The van der Waals surface area contributed by atoms with Crippen molar-refractivity contribution in [2.24, 2.45) is 10.8 Å². The fourth-order valence-corrected chi connectivity index (χ4v) is 6.49. The number of carbonyl (C=O) groups is 2. The van der Waals surface area contributed by atoms with Crippen molar-refractivity contribution in [3.8, 4) is 0 Å². The number of nitrogens with zero attached hydrogens (tertiary/aromatic N) is 2. The van der Waals surface area contributed by atoms with Crippen molar-refractivity contribution < 1.29 is 9.59 Å². The van der Waals surface area contributed by atoms with E-state index in [0.29, 0.717) is 12.8 Å². The van der Waals surface area contributed by atoms with Crippen LogP contribution in [0, 0.1) is 10.8 Å². The highest BCUT2D eigenvalue weighted by Crippen LogP contribution is 2.49. The van der Waals surface area contributed by atoms with E-state index in [0.717, 1.165) is 51.7 Å². The van der Waals surface area contributed by atoms with Crippen molar-refractivity contribution in [2.45, 2.75) is 104 Å². The molecule has 0 radical (unpaired) electrons. The van der Waals surface area contributed by atoms with E-state index in [2.05, 4.69) is 23.6 Å². The summed E-state index contributed by atoms with van der Waals surface area (Å²) in [5.74, 6) is 0.532. The summed E-state index contributed by atoms with van der Waals surface area (Å²) in [7, 11) is 0. The Morgan fingerprint density at radius 1 is 0.733 bits per heavy atom. The summed E-state index contributed by atoms with van der Waals surface area (Å²) in [5, 5.41) is 0. The van der Waals surface area contributed by atoms with Crippen LogP contribution in [0.4, 0.5) is 0 Å². The molecule has 0 aromatic rings. The molecule has 0 unspecified atom stereocenters. The number of hydrogen-bond donors (Lipinski definition) is 0. The number of hydrogen-bond acceptors (Lipinski definition) is 4. The molecule has 30 heavy (non-hydrogen) atoms. The summed E-state index contributed by atoms with van der Waals surface area (Å²) in [5.41, 5.74) is -0.691. The Bertz CT molecular complexity index is 541. The number of Topliss-reactive ketones (excluding diaryl/α,β-unsaturated/α-hetero) is 2. The fraction of sp³-hybridized carbons (Fsp3) is 0.923. The molecule has 172 valence electrons. The van der Waals surface area contributed by atoms with Crippen LogP contribution in [-0.4, -0.2) is 60.6 Å². The lowest BCUT2D eigenvalue weighted by Crippen LogP contribution is -2.50. The van der Waals surface area contributed by atoms with Crippen LogP contribution in [0.1, 0.15) is 104 Å². The van der Waals surface area contributed by atoms with Crippen LogP contribution in [0.3, 0.4) is 0 Å². The standard InChI is InChI=1S/C26H46N2O2/c1-3-12-26(13-4-2)23(29)20-25(21-24(26)30)14-19-28(22-25)18-9-6-5-8-15-27-16-10-7-11-17-27/h3-22H2,1-2H3. The molecule has 0 aromatic carbocycles. The average Bonchev–Trinajstić information content (AvgIpc) is 3.12. The van der Waals surface area contributed by atoms with Gasteiger partial charge in [-0.2, -0.15) is 0 Å². The molecule has 1 spiro atoms. The maximum atomic E-state index is 13.2. The number of likely N-dealkylation sites (tertiary alicyclic amines) is 2. The SMILES string of the molecule is CCCC1(CCC)C(=O)CC2(CCN(CCCCCCN3CCCCC3)C2)CC1=O. The van der Waals surface area contributed by atoms with E-state index < -0.39 is 5.41 Å². The Balaban J connectivity index is 1.38. The lowest BCUT2D eigenvalue weighted by Gasteiger charge is -2.42. The minimum Gasteiger partial charge on any atom is -0.303 e. The quantitative estimate of drug-likeness (QED) is 0.340. The largest absolute Gasteiger partial charge is 0.303 e. The van der Waals surface area contributed by atoms with Crippen molar-refractivity contribution in [3.63, 3.8) is 0 Å². The third-order valence-corrected chi connectivity index (χ3v) is 8.16. The van der Waals surface area contributed by atoms with E-state index in [-0.39, 0.29) is 17.0 Å². The second kappa shape index (κ2) is 11.2. The van der Waals surface area contributed by atoms with Crippen molar-refractivity contribution in [1.82, 2.24) is 9.80 Å². The first-order chi connectivity index (χ1) is 14.5. The first-order valence-electron chi connectivity index (χ1n) is 13.0. The summed E-state index contributed by atoms with van der Waals surface area (Å²) in [6, 6.07) is 0. The van der Waals surface area contributed by atoms with Gasteiger partial charge in [0.2, 0.25) is 0 Å². The molecule has 1 saturated carbocycles. The van der Waals surface area contributed by atoms with E-state index in [4.69, 9.17) is 0 Å². The van der Waals surface area contributed by atoms with Gasteiger partial charge in [-0.05, 0) is 83.1 Å². The van der Waals surface area contributed by atoms with Gasteiger partial charge in [0.05, 0.1) is 5.41 Å². The molecule has 2 heterocycles. The van der Waals surface area contributed by atoms with Gasteiger partial charge in [0.1, 0.15) is 11.6 Å². The normalized spacial score (nSPS) is 24.7. The molecule has 3 fully saturated rings. The molecule has 0 aromatic heterocycles. The Labute approximate surface area is 185 Å². The minimum atomic E-state index is -0.642. The number of rotatable bonds is 11. The van der Waals surface area contributed by atoms with Crippen LogP contribution in [0.25, 0.3) is 0 Å². The van der Waals surface area contributed by atoms with Crippen molar-refractivity contribution in [2.75, 3.05) is 39.3 Å². The summed E-state index contributed by atoms with van der Waals surface area (Å²) < 4.78 is 0. The number of piperidine rings is 1. The Morgan fingerprint density at radius 3 is 1.87 bits per heavy atom. The third-order valence-electron chi connectivity index (χ3n) is 8.16. The second-order valence-electron chi connectivity index (χ2n) is 10.6. The number of unbranched alkanes of at least 4 members (excludes halogenated alkanes) is 3. The fourth-order valence-electron chi connectivity index (χ4n) is 6.49. The zero-order valence-corrected chi connectivity index (χ0v) is 19.9. The molecule has 3 aliphatic rings. The van der Waals surface area contributed by atoms with Gasteiger partial charge in [-0.25, -0.2) is 0 Å². The maximum absolute atomic E-state index is 13.2. The van der Waals surface area contributed by atoms with Crippen LogP contribution in [-0.2, 0) is 9.59 Å². The monoisotopic (exact) mass is 418 g/mol. The Kier molecular flexibility index (Phi) is 8.94. The molecule has 4 nitrogen and oxygen atoms in total. The molecule has 0 atom stereocenters. The van der Waals surface area contributed by atoms with Gasteiger partial charge < -0.3 is 9.80 Å². The molecule has 2 aliphatic heterocycles. The molecular weight excluding hydrogens is 372 g/mol. The molecular formula is C26H46N2O2. The van der Waals surface area contributed by atoms with Gasteiger partial charge in [-0.15, -0.1) is 0 Å². The first-order valence-corrected chi connectivity index (χ1v) is 13.0. The molecule has 2 saturated heterocycles. The van der Waals surface area contributed by atoms with E-state index >= 15 is 0 Å². The summed E-state index contributed by atoms with van der Waals surface area (Å²) in [4.78, 5) is 31.6. The van der Waals surface area contributed by atoms with Gasteiger partial charge in [0, 0.05) is 19.4 Å². The summed E-state index contributed by atoms with van der Waals surface area (Å²) in [6.07, 6.45) is 15.1. The van der Waals surface area contributed by atoms with E-state index in [1.807, 2.05) is 0 Å². The number of carbonyl (C=O) groups excluding carboxylic acids is 2. The predicted molar refractivity (Wildman–Crippen MR) is 124 cm³/mol. The van der Waals surface area contributed by atoms with E-state index in [1.54, 1.807) is 0 Å². The molecule has 0 bridgehead atoms. The molecule has 0 amide bonds. The maximum Gasteiger partial charge on any atom is 0.147 e. The summed E-state index contributed by atoms with van der Waals surface area (Å²) in [6.45, 7) is 11.3. The van der Waals surface area contributed by atoms with Gasteiger partial charge in [0.15, 0.2) is 0 Å². The van der Waals surface area contributed by atoms with Crippen LogP contribution in [0.15, 0.2) is 0 Å². The zero-order valence-electron chi connectivity index (χ0n) is 19.9. The van der Waals surface area contributed by atoms with Crippen molar-refractivity contribution in [1.29, 1.82) is 0 Å². The minimum absolute atomic E-state index is 0.0482. The Morgan fingerprint density at radius 2 is 1.30 bits per heavy atom. The smallest absolute Gasteiger partial charge is 0.147 e. The van der Waals surface area contributed by atoms with Gasteiger partial charge in [-0.1, -0.05) is 46.0 Å². The van der Waals surface area contributed by atoms with Gasteiger partial charge >= 0.3 is 0 Å². The molecule has 3 rings (SSSR count). The third kappa shape index (κ3) is 5.73. The first kappa shape index (κ1) is 23.9. The van der Waals surface area contributed by atoms with Crippen LogP contribution in [0.5, 0.6) is 0 Å². The van der Waals surface area contributed by atoms with Crippen LogP contribution in [0.2, 0.25) is 0 Å². The summed E-state index contributed by atoms with van der Waals surface area (Å²) >= 11 is 0. The lowest BCUT2D eigenvalue weighted by molar-refractivity contribution is -0.150. The van der Waals surface area contributed by atoms with E-state index in [1.165, 1.54) is 64.6 Å². The highest BCUT2D eigenvalue weighted by atomic mass is 16.2. The van der Waals surface area contributed by atoms with Gasteiger partial charge in [-0.3, -0.25) is 9.59 Å². The van der Waals surface area contributed by atoms with Crippen molar-refractivity contribution >= 4 is 11.6 Å².